The summed E-state index contributed by atoms with van der Waals surface area (Å²) in [7, 11) is 1.63. The number of carbonyl (C=O) groups is 1. The van der Waals surface area contributed by atoms with E-state index in [-0.39, 0.29) is 16.9 Å². The Kier molecular flexibility index (Phi) is 6.41. The minimum atomic E-state index is -0.705. The molecule has 0 N–H and O–H groups in total. The largest absolute Gasteiger partial charge is 0.497 e. The number of likely N-dealkylation sites (tertiary alicyclic amines) is 1. The summed E-state index contributed by atoms with van der Waals surface area (Å²) in [5, 5.41) is 10.4. The van der Waals surface area contributed by atoms with E-state index in [1.807, 2.05) is 24.3 Å². The molecular weight excluding hydrogens is 512 g/mol. The normalized spacial score (nSPS) is 17.3. The molecule has 0 atom stereocenters. The molecule has 1 aromatic heterocycles. The predicted molar refractivity (Wildman–Crippen MR) is 148 cm³/mol. The number of carbonyl (C=O) groups excluding carboxylic acids is 1. The Bertz CT molecular complexity index is 1540. The fourth-order valence-electron chi connectivity index (χ4n) is 6.32. The van der Waals surface area contributed by atoms with Gasteiger partial charge in [0.15, 0.2) is 0 Å². The highest BCUT2D eigenvalue weighted by Crippen LogP contribution is 2.44. The Morgan fingerprint density at radius 3 is 2.58 bits per heavy atom. The van der Waals surface area contributed by atoms with Crippen LogP contribution in [0.3, 0.4) is 0 Å². The van der Waals surface area contributed by atoms with E-state index >= 15 is 4.39 Å². The standard InChI is InChI=1S/C31H29F2N5O2/c1-3-28(39)38-18-31(19-38)11-13-37(17-31)30-25(15-34)29(23-9-4-20(32)14-26(23)33)24-10-12-36(16-27(24)35-30)21-5-7-22(40-2)8-6-21/h3-9,14H,1,10-13,16-19H2,2H3. The lowest BCUT2D eigenvalue weighted by molar-refractivity contribution is -0.136. The van der Waals surface area contributed by atoms with E-state index in [1.54, 1.807) is 12.0 Å². The van der Waals surface area contributed by atoms with E-state index in [0.717, 1.165) is 35.2 Å². The van der Waals surface area contributed by atoms with Gasteiger partial charge < -0.3 is 19.4 Å². The van der Waals surface area contributed by atoms with Gasteiger partial charge in [-0.15, -0.1) is 0 Å². The van der Waals surface area contributed by atoms with E-state index in [9.17, 15) is 14.4 Å². The molecule has 3 aromatic rings. The van der Waals surface area contributed by atoms with E-state index < -0.39 is 11.6 Å². The van der Waals surface area contributed by atoms with Crippen molar-refractivity contribution in [2.24, 2.45) is 5.41 Å². The summed E-state index contributed by atoms with van der Waals surface area (Å²) in [4.78, 5) is 23.2. The number of amides is 1. The van der Waals surface area contributed by atoms with Crippen molar-refractivity contribution in [2.75, 3.05) is 49.6 Å². The number of rotatable bonds is 5. The average Bonchev–Trinajstić information content (AvgIpc) is 3.41. The van der Waals surface area contributed by atoms with Crippen LogP contribution in [0, 0.1) is 28.4 Å². The molecule has 2 aromatic carbocycles. The highest BCUT2D eigenvalue weighted by molar-refractivity contribution is 5.88. The van der Waals surface area contributed by atoms with Crippen molar-refractivity contribution in [3.05, 3.63) is 83.6 Å². The highest BCUT2D eigenvalue weighted by atomic mass is 19.1. The molecule has 0 bridgehead atoms. The molecule has 0 radical (unpaired) electrons. The van der Waals surface area contributed by atoms with Crippen LogP contribution in [-0.2, 0) is 17.8 Å². The number of fused-ring (bicyclic) bond motifs is 1. The first-order chi connectivity index (χ1) is 19.3. The molecule has 7 nitrogen and oxygen atoms in total. The second-order valence-electron chi connectivity index (χ2n) is 10.8. The lowest BCUT2D eigenvalue weighted by Gasteiger charge is -2.47. The number of anilines is 2. The molecule has 40 heavy (non-hydrogen) atoms. The lowest BCUT2D eigenvalue weighted by Crippen LogP contribution is -2.59. The third-order valence-electron chi connectivity index (χ3n) is 8.36. The zero-order valence-corrected chi connectivity index (χ0v) is 22.3. The maximum absolute atomic E-state index is 15.2. The van der Waals surface area contributed by atoms with Gasteiger partial charge in [-0.3, -0.25) is 4.79 Å². The number of aromatic nitrogens is 1. The molecule has 3 aliphatic rings. The van der Waals surface area contributed by atoms with Crippen LogP contribution in [0.25, 0.3) is 11.1 Å². The van der Waals surface area contributed by atoms with Gasteiger partial charge in [0.05, 0.1) is 19.3 Å². The maximum Gasteiger partial charge on any atom is 0.245 e. The number of pyridine rings is 1. The van der Waals surface area contributed by atoms with Gasteiger partial charge in [-0.25, -0.2) is 13.8 Å². The minimum Gasteiger partial charge on any atom is -0.497 e. The van der Waals surface area contributed by atoms with E-state index in [4.69, 9.17) is 9.72 Å². The van der Waals surface area contributed by atoms with Gasteiger partial charge in [0.25, 0.3) is 0 Å². The van der Waals surface area contributed by atoms with Crippen LogP contribution in [0.15, 0.2) is 55.1 Å². The summed E-state index contributed by atoms with van der Waals surface area (Å²) < 4.78 is 34.4. The van der Waals surface area contributed by atoms with Crippen LogP contribution in [0.1, 0.15) is 23.2 Å². The fraction of sp³-hybridized carbons (Fsp3) is 0.323. The first-order valence-electron chi connectivity index (χ1n) is 13.3. The van der Waals surface area contributed by atoms with Crippen molar-refractivity contribution in [1.29, 1.82) is 5.26 Å². The molecule has 1 amide bonds. The predicted octanol–water partition coefficient (Wildman–Crippen LogP) is 4.69. The molecule has 4 heterocycles. The summed E-state index contributed by atoms with van der Waals surface area (Å²) in [6, 6.07) is 13.6. The fourth-order valence-corrected chi connectivity index (χ4v) is 6.32. The Hall–Kier alpha value is -4.45. The Morgan fingerprint density at radius 2 is 1.90 bits per heavy atom. The maximum atomic E-state index is 15.2. The van der Waals surface area contributed by atoms with Crippen LogP contribution < -0.4 is 14.5 Å². The molecule has 0 aliphatic carbocycles. The Balaban J connectivity index is 1.41. The zero-order valence-electron chi connectivity index (χ0n) is 22.3. The van der Waals surface area contributed by atoms with E-state index in [2.05, 4.69) is 22.4 Å². The summed E-state index contributed by atoms with van der Waals surface area (Å²) >= 11 is 0. The summed E-state index contributed by atoms with van der Waals surface area (Å²) in [6.45, 7) is 7.29. The van der Waals surface area contributed by atoms with Crippen LogP contribution in [0.2, 0.25) is 0 Å². The molecule has 3 aliphatic heterocycles. The molecule has 0 unspecified atom stereocenters. The molecule has 204 valence electrons. The number of hydrogen-bond acceptors (Lipinski definition) is 6. The molecule has 9 heteroatoms. The number of hydrogen-bond donors (Lipinski definition) is 0. The molecule has 6 rings (SSSR count). The van der Waals surface area contributed by atoms with Gasteiger partial charge in [0.2, 0.25) is 5.91 Å². The number of benzene rings is 2. The van der Waals surface area contributed by atoms with Crippen molar-refractivity contribution in [3.63, 3.8) is 0 Å². The molecule has 2 saturated heterocycles. The van der Waals surface area contributed by atoms with Gasteiger partial charge in [0, 0.05) is 61.0 Å². The van der Waals surface area contributed by atoms with Crippen molar-refractivity contribution in [2.45, 2.75) is 19.4 Å². The van der Waals surface area contributed by atoms with E-state index in [0.29, 0.717) is 62.6 Å². The number of ether oxygens (including phenoxy) is 1. The Labute approximate surface area is 231 Å². The van der Waals surface area contributed by atoms with Gasteiger partial charge in [0.1, 0.15) is 34.8 Å². The molecule has 2 fully saturated rings. The van der Waals surface area contributed by atoms with Gasteiger partial charge >= 0.3 is 0 Å². The minimum absolute atomic E-state index is 0.0700. The molecular formula is C31H29F2N5O2. The van der Waals surface area contributed by atoms with Crippen LogP contribution >= 0.6 is 0 Å². The lowest BCUT2D eigenvalue weighted by atomic mass is 9.79. The Morgan fingerprint density at radius 1 is 1.12 bits per heavy atom. The van der Waals surface area contributed by atoms with Gasteiger partial charge in [-0.1, -0.05) is 6.58 Å². The van der Waals surface area contributed by atoms with Crippen molar-refractivity contribution in [3.8, 4) is 22.9 Å². The number of nitriles is 1. The highest BCUT2D eigenvalue weighted by Gasteiger charge is 2.49. The van der Waals surface area contributed by atoms with Crippen molar-refractivity contribution < 1.29 is 18.3 Å². The van der Waals surface area contributed by atoms with Crippen LogP contribution in [0.5, 0.6) is 5.75 Å². The monoisotopic (exact) mass is 541 g/mol. The van der Waals surface area contributed by atoms with Gasteiger partial charge in [-0.05, 0) is 60.9 Å². The zero-order chi connectivity index (χ0) is 28.0. The van der Waals surface area contributed by atoms with Crippen LogP contribution in [-0.4, -0.2) is 55.6 Å². The summed E-state index contributed by atoms with van der Waals surface area (Å²) in [5.74, 6) is -0.174. The summed E-state index contributed by atoms with van der Waals surface area (Å²) in [6.07, 6.45) is 2.74. The second kappa shape index (κ2) is 9.94. The summed E-state index contributed by atoms with van der Waals surface area (Å²) in [5.41, 5.74) is 3.53. The second-order valence-corrected chi connectivity index (χ2v) is 10.8. The number of nitrogens with zero attached hydrogens (tertiary/aromatic N) is 5. The number of halogens is 2. The van der Waals surface area contributed by atoms with Gasteiger partial charge in [-0.2, -0.15) is 5.26 Å². The SMILES string of the molecule is C=CC(=O)N1CC2(CCN(c3nc4c(c(-c5ccc(F)cc5F)c3C#N)CCN(c3ccc(OC)cc3)C4)C2)C1. The number of methoxy groups -OCH3 is 1. The third kappa shape index (κ3) is 4.34. The topological polar surface area (TPSA) is 72.7 Å². The molecule has 0 saturated carbocycles. The first-order valence-corrected chi connectivity index (χ1v) is 13.3. The van der Waals surface area contributed by atoms with E-state index in [1.165, 1.54) is 18.2 Å². The van der Waals surface area contributed by atoms with Crippen molar-refractivity contribution >= 4 is 17.4 Å². The van der Waals surface area contributed by atoms with Crippen LogP contribution in [0.4, 0.5) is 20.3 Å². The molecule has 1 spiro atoms. The quantitative estimate of drug-likeness (QED) is 0.437. The average molecular weight is 542 g/mol. The third-order valence-corrected chi connectivity index (χ3v) is 8.36. The smallest absolute Gasteiger partial charge is 0.245 e. The first kappa shape index (κ1) is 25.8. The van der Waals surface area contributed by atoms with Crippen molar-refractivity contribution in [1.82, 2.24) is 9.88 Å².